The molecule has 1 amide bonds. The Morgan fingerprint density at radius 2 is 1.93 bits per heavy atom. The number of methoxy groups -OCH3 is 1. The van der Waals surface area contributed by atoms with Crippen molar-refractivity contribution in [2.45, 2.75) is 20.0 Å². The predicted molar refractivity (Wildman–Crippen MR) is 115 cm³/mol. The summed E-state index contributed by atoms with van der Waals surface area (Å²) in [6.45, 7) is 4.46. The van der Waals surface area contributed by atoms with E-state index in [0.717, 1.165) is 16.7 Å². The Kier molecular flexibility index (Phi) is 7.06. The van der Waals surface area contributed by atoms with E-state index < -0.39 is 0 Å². The number of carbonyl (C=O) groups excluding carboxylic acids is 1. The molecule has 3 aromatic rings. The second-order valence-electron chi connectivity index (χ2n) is 6.85. The van der Waals surface area contributed by atoms with E-state index >= 15 is 0 Å². The number of halogens is 1. The highest BCUT2D eigenvalue weighted by Crippen LogP contribution is 2.17. The van der Waals surface area contributed by atoms with Crippen LogP contribution in [0.1, 0.15) is 27.2 Å². The number of rotatable bonds is 8. The molecule has 0 saturated carbocycles. The SMILES string of the molecule is COCCN(Cc1cccn1Cc1cccc(C)c1)C(=O)c1cccc(Br)c1. The minimum atomic E-state index is 0.00153. The molecule has 3 rings (SSSR count). The zero-order valence-electron chi connectivity index (χ0n) is 16.3. The van der Waals surface area contributed by atoms with Crippen molar-refractivity contribution in [3.8, 4) is 0 Å². The molecule has 0 fully saturated rings. The Morgan fingerprint density at radius 3 is 2.68 bits per heavy atom. The number of aryl methyl sites for hydroxylation is 1. The normalized spacial score (nSPS) is 10.8. The Morgan fingerprint density at radius 1 is 1.11 bits per heavy atom. The van der Waals surface area contributed by atoms with Gasteiger partial charge in [0, 0.05) is 42.1 Å². The number of amides is 1. The van der Waals surface area contributed by atoms with Crippen LogP contribution < -0.4 is 0 Å². The van der Waals surface area contributed by atoms with Gasteiger partial charge in [0.05, 0.1) is 13.2 Å². The quantitative estimate of drug-likeness (QED) is 0.499. The van der Waals surface area contributed by atoms with Crippen molar-refractivity contribution in [1.29, 1.82) is 0 Å². The molecule has 0 N–H and O–H groups in total. The van der Waals surface area contributed by atoms with Crippen molar-refractivity contribution >= 4 is 21.8 Å². The molecule has 4 nitrogen and oxygen atoms in total. The first-order valence-corrected chi connectivity index (χ1v) is 10.1. The first-order chi connectivity index (χ1) is 13.6. The van der Waals surface area contributed by atoms with Gasteiger partial charge in [-0.1, -0.05) is 51.8 Å². The van der Waals surface area contributed by atoms with E-state index in [9.17, 15) is 4.79 Å². The summed E-state index contributed by atoms with van der Waals surface area (Å²) < 4.78 is 8.32. The number of carbonyl (C=O) groups is 1. The number of nitrogens with zero attached hydrogens (tertiary/aromatic N) is 2. The van der Waals surface area contributed by atoms with Crippen LogP contribution in [0.15, 0.2) is 71.3 Å². The van der Waals surface area contributed by atoms with Crippen molar-refractivity contribution in [3.05, 3.63) is 93.7 Å². The lowest BCUT2D eigenvalue weighted by Gasteiger charge is -2.23. The minimum absolute atomic E-state index is 0.00153. The summed E-state index contributed by atoms with van der Waals surface area (Å²) in [6.07, 6.45) is 2.07. The smallest absolute Gasteiger partial charge is 0.254 e. The Balaban J connectivity index is 1.80. The number of hydrogen-bond acceptors (Lipinski definition) is 2. The lowest BCUT2D eigenvalue weighted by atomic mass is 10.1. The minimum Gasteiger partial charge on any atom is -0.383 e. The summed E-state index contributed by atoms with van der Waals surface area (Å²) in [5, 5.41) is 0. The average molecular weight is 441 g/mol. The zero-order valence-corrected chi connectivity index (χ0v) is 17.9. The molecule has 0 saturated heterocycles. The van der Waals surface area contributed by atoms with E-state index in [1.54, 1.807) is 7.11 Å². The van der Waals surface area contributed by atoms with Gasteiger partial charge < -0.3 is 14.2 Å². The van der Waals surface area contributed by atoms with Gasteiger partial charge in [-0.15, -0.1) is 0 Å². The van der Waals surface area contributed by atoms with Gasteiger partial charge in [0.1, 0.15) is 0 Å². The summed E-state index contributed by atoms with van der Waals surface area (Å²) in [5.41, 5.74) is 4.26. The highest BCUT2D eigenvalue weighted by molar-refractivity contribution is 9.10. The molecule has 1 aromatic heterocycles. The van der Waals surface area contributed by atoms with Crippen LogP contribution in [0.4, 0.5) is 0 Å². The van der Waals surface area contributed by atoms with Crippen molar-refractivity contribution in [2.75, 3.05) is 20.3 Å². The van der Waals surface area contributed by atoms with E-state index in [1.807, 2.05) is 35.2 Å². The third-order valence-corrected chi connectivity index (χ3v) is 5.13. The molecular weight excluding hydrogens is 416 g/mol. The first-order valence-electron chi connectivity index (χ1n) is 9.30. The molecule has 0 bridgehead atoms. The molecule has 28 heavy (non-hydrogen) atoms. The summed E-state index contributed by atoms with van der Waals surface area (Å²) in [6, 6.07) is 20.1. The Labute approximate surface area is 174 Å². The molecule has 0 spiro atoms. The fraction of sp³-hybridized carbons (Fsp3) is 0.261. The van der Waals surface area contributed by atoms with Crippen molar-refractivity contribution < 1.29 is 9.53 Å². The van der Waals surface area contributed by atoms with Crippen LogP contribution in [0.2, 0.25) is 0 Å². The standard InChI is InChI=1S/C23H25BrN2O2/c1-18-6-3-7-19(14-18)16-25-11-5-10-22(25)17-26(12-13-28-2)23(27)20-8-4-9-21(24)15-20/h3-11,14-15H,12-13,16-17H2,1-2H3. The summed E-state index contributed by atoms with van der Waals surface area (Å²) >= 11 is 3.45. The maximum Gasteiger partial charge on any atom is 0.254 e. The van der Waals surface area contributed by atoms with Crippen LogP contribution in [0.5, 0.6) is 0 Å². The Hall–Kier alpha value is -2.37. The molecule has 0 radical (unpaired) electrons. The van der Waals surface area contributed by atoms with Crippen LogP contribution in [0.25, 0.3) is 0 Å². The Bertz CT molecular complexity index is 936. The van der Waals surface area contributed by atoms with Crippen molar-refractivity contribution in [3.63, 3.8) is 0 Å². The first kappa shape index (κ1) is 20.4. The fourth-order valence-corrected chi connectivity index (χ4v) is 3.61. The second-order valence-corrected chi connectivity index (χ2v) is 7.76. The topological polar surface area (TPSA) is 34.5 Å². The van der Waals surface area contributed by atoms with Crippen LogP contribution in [-0.2, 0) is 17.8 Å². The maximum atomic E-state index is 13.1. The highest BCUT2D eigenvalue weighted by atomic mass is 79.9. The molecule has 0 aliphatic rings. The van der Waals surface area contributed by atoms with Gasteiger partial charge in [-0.05, 0) is 42.8 Å². The van der Waals surface area contributed by atoms with Gasteiger partial charge in [-0.3, -0.25) is 4.79 Å². The van der Waals surface area contributed by atoms with E-state index in [2.05, 4.69) is 63.9 Å². The summed E-state index contributed by atoms with van der Waals surface area (Å²) in [5.74, 6) is 0.00153. The molecular formula is C23H25BrN2O2. The molecule has 1 heterocycles. The third-order valence-electron chi connectivity index (χ3n) is 4.64. The van der Waals surface area contributed by atoms with Gasteiger partial charge in [0.2, 0.25) is 0 Å². The molecule has 0 aliphatic heterocycles. The third kappa shape index (κ3) is 5.33. The number of ether oxygens (including phenoxy) is 1. The van der Waals surface area contributed by atoms with Gasteiger partial charge in [0.25, 0.3) is 5.91 Å². The molecule has 2 aromatic carbocycles. The van der Waals surface area contributed by atoms with Crippen LogP contribution in [0.3, 0.4) is 0 Å². The van der Waals surface area contributed by atoms with Gasteiger partial charge in [-0.2, -0.15) is 0 Å². The fourth-order valence-electron chi connectivity index (χ4n) is 3.21. The zero-order chi connectivity index (χ0) is 19.9. The maximum absolute atomic E-state index is 13.1. The van der Waals surface area contributed by atoms with Crippen molar-refractivity contribution in [2.24, 2.45) is 0 Å². The van der Waals surface area contributed by atoms with E-state index in [1.165, 1.54) is 11.1 Å². The lowest BCUT2D eigenvalue weighted by molar-refractivity contribution is 0.0676. The molecule has 0 atom stereocenters. The number of aromatic nitrogens is 1. The van der Waals surface area contributed by atoms with Crippen LogP contribution in [-0.4, -0.2) is 35.6 Å². The number of benzene rings is 2. The summed E-state index contributed by atoms with van der Waals surface area (Å²) in [7, 11) is 1.65. The monoisotopic (exact) mass is 440 g/mol. The molecule has 5 heteroatoms. The highest BCUT2D eigenvalue weighted by Gasteiger charge is 2.18. The second kappa shape index (κ2) is 9.71. The number of hydrogen-bond donors (Lipinski definition) is 0. The van der Waals surface area contributed by atoms with Crippen LogP contribution in [0, 0.1) is 6.92 Å². The summed E-state index contributed by atoms with van der Waals surface area (Å²) in [4.78, 5) is 14.9. The van der Waals surface area contributed by atoms with E-state index in [-0.39, 0.29) is 5.91 Å². The van der Waals surface area contributed by atoms with E-state index in [4.69, 9.17) is 4.74 Å². The van der Waals surface area contributed by atoms with Crippen molar-refractivity contribution in [1.82, 2.24) is 9.47 Å². The molecule has 0 unspecified atom stereocenters. The van der Waals surface area contributed by atoms with Gasteiger partial charge >= 0.3 is 0 Å². The van der Waals surface area contributed by atoms with Gasteiger partial charge in [0.15, 0.2) is 0 Å². The predicted octanol–water partition coefficient (Wildman–Crippen LogP) is 4.90. The van der Waals surface area contributed by atoms with Gasteiger partial charge in [-0.25, -0.2) is 0 Å². The lowest BCUT2D eigenvalue weighted by Crippen LogP contribution is -2.34. The van der Waals surface area contributed by atoms with Crippen LogP contribution >= 0.6 is 15.9 Å². The molecule has 0 aliphatic carbocycles. The largest absolute Gasteiger partial charge is 0.383 e. The molecule has 146 valence electrons. The van der Waals surface area contributed by atoms with E-state index in [0.29, 0.717) is 25.3 Å². The average Bonchev–Trinajstić information content (AvgIpc) is 3.11.